The number of fused-ring (bicyclic) bond motifs is 1. The fraction of sp³-hybridized carbons (Fsp3) is 0.630. The third-order valence-corrected chi connectivity index (χ3v) is 8.54. The Kier molecular flexibility index (Phi) is 7.10. The van der Waals surface area contributed by atoms with Crippen LogP contribution in [0.1, 0.15) is 43.5 Å². The van der Waals surface area contributed by atoms with Crippen LogP contribution in [0.2, 0.25) is 0 Å². The monoisotopic (exact) mass is 518 g/mol. The second-order valence-corrected chi connectivity index (χ2v) is 10.8. The van der Waals surface area contributed by atoms with Gasteiger partial charge in [0.15, 0.2) is 0 Å². The van der Waals surface area contributed by atoms with Crippen molar-refractivity contribution in [1.29, 1.82) is 0 Å². The summed E-state index contributed by atoms with van der Waals surface area (Å²) in [6.07, 6.45) is 5.74. The Bertz CT molecular complexity index is 1080. The lowest BCUT2D eigenvalue weighted by atomic mass is 9.78. The second kappa shape index (κ2) is 10.0. The van der Waals surface area contributed by atoms with Crippen molar-refractivity contribution in [3.63, 3.8) is 0 Å². The van der Waals surface area contributed by atoms with E-state index in [-0.39, 0.29) is 12.1 Å². The number of alkyl halides is 3. The van der Waals surface area contributed by atoms with E-state index in [1.807, 2.05) is 42.3 Å². The molecule has 4 aliphatic rings. The lowest BCUT2D eigenvalue weighted by Crippen LogP contribution is -2.61. The van der Waals surface area contributed by atoms with Gasteiger partial charge in [0.1, 0.15) is 11.7 Å². The molecule has 202 valence electrons. The Labute approximate surface area is 217 Å². The molecule has 4 aliphatic heterocycles. The number of hydrogen-bond donors (Lipinski definition) is 0. The molecule has 10 heteroatoms. The number of likely N-dealkylation sites (tertiary alicyclic amines) is 1. The van der Waals surface area contributed by atoms with Crippen molar-refractivity contribution in [3.05, 3.63) is 53.6 Å². The number of amidine groups is 1. The van der Waals surface area contributed by atoms with E-state index in [9.17, 15) is 13.2 Å². The standard InChI is InChI=1S/C27H37F3N6O/c1-19-8-7-13-31-25(19)20-9-5-10-21(34(20)4)26(2)22(18-37-27(28,29)30)36-23(32-26)11-6-12-24(36)35-16-14-33(3)15-17-35/h6-8,11-13,20-22H,5,9-10,14-18H2,1-4H3/t20-,21+,22?,26?/m0/s1. The number of piperidine rings is 1. The van der Waals surface area contributed by atoms with E-state index >= 15 is 0 Å². The summed E-state index contributed by atoms with van der Waals surface area (Å²) in [4.78, 5) is 18.7. The molecular formula is C27H37F3N6O. The van der Waals surface area contributed by atoms with Crippen LogP contribution < -0.4 is 0 Å². The molecule has 37 heavy (non-hydrogen) atoms. The molecule has 1 aromatic rings. The van der Waals surface area contributed by atoms with Crippen molar-refractivity contribution < 1.29 is 17.9 Å². The Hall–Kier alpha value is -2.43. The Balaban J connectivity index is 1.49. The Morgan fingerprint density at radius 1 is 1.14 bits per heavy atom. The highest BCUT2D eigenvalue weighted by Crippen LogP contribution is 2.45. The summed E-state index contributed by atoms with van der Waals surface area (Å²) in [7, 11) is 4.16. The normalized spacial score (nSPS) is 31.4. The Morgan fingerprint density at radius 3 is 2.59 bits per heavy atom. The first-order valence-electron chi connectivity index (χ1n) is 13.1. The van der Waals surface area contributed by atoms with Crippen molar-refractivity contribution in [3.8, 4) is 0 Å². The third-order valence-electron chi connectivity index (χ3n) is 8.54. The first-order chi connectivity index (χ1) is 17.6. The van der Waals surface area contributed by atoms with Crippen molar-refractivity contribution in [2.45, 2.75) is 63.1 Å². The maximum atomic E-state index is 13.4. The molecule has 2 unspecified atom stereocenters. The van der Waals surface area contributed by atoms with Gasteiger partial charge in [-0.1, -0.05) is 12.1 Å². The minimum atomic E-state index is -4.71. The molecule has 5 heterocycles. The zero-order valence-electron chi connectivity index (χ0n) is 22.1. The molecule has 0 aliphatic carbocycles. The third kappa shape index (κ3) is 5.03. The first-order valence-corrected chi connectivity index (χ1v) is 13.1. The number of aryl methyl sites for hydroxylation is 1. The summed E-state index contributed by atoms with van der Waals surface area (Å²) in [6.45, 7) is 7.02. The predicted octanol–water partition coefficient (Wildman–Crippen LogP) is 3.95. The van der Waals surface area contributed by atoms with E-state index in [0.717, 1.165) is 62.5 Å². The van der Waals surface area contributed by atoms with Gasteiger partial charge in [-0.15, -0.1) is 13.2 Å². The molecule has 0 bridgehead atoms. The van der Waals surface area contributed by atoms with Gasteiger partial charge in [-0.3, -0.25) is 19.6 Å². The molecule has 4 atom stereocenters. The minimum absolute atomic E-state index is 0.0743. The lowest BCUT2D eigenvalue weighted by molar-refractivity contribution is -0.328. The topological polar surface area (TPSA) is 47.4 Å². The van der Waals surface area contributed by atoms with Crippen LogP contribution in [0.3, 0.4) is 0 Å². The zero-order chi connectivity index (χ0) is 26.4. The van der Waals surface area contributed by atoms with E-state index in [1.54, 1.807) is 0 Å². The summed E-state index contributed by atoms with van der Waals surface area (Å²) in [6, 6.07) is 3.41. The van der Waals surface area contributed by atoms with Crippen LogP contribution in [0.25, 0.3) is 0 Å². The van der Waals surface area contributed by atoms with E-state index in [0.29, 0.717) is 5.84 Å². The average molecular weight is 519 g/mol. The molecule has 5 rings (SSSR count). The summed E-state index contributed by atoms with van der Waals surface area (Å²) in [5.74, 6) is 1.61. The molecule has 2 saturated heterocycles. The van der Waals surface area contributed by atoms with Crippen LogP contribution in [-0.2, 0) is 4.74 Å². The second-order valence-electron chi connectivity index (χ2n) is 10.8. The number of likely N-dealkylation sites (N-methyl/N-ethyl adjacent to an activating group) is 2. The van der Waals surface area contributed by atoms with Crippen molar-refractivity contribution in [2.75, 3.05) is 46.9 Å². The molecule has 7 nitrogen and oxygen atoms in total. The average Bonchev–Trinajstić information content (AvgIpc) is 3.15. The quantitative estimate of drug-likeness (QED) is 0.589. The number of halogens is 3. The van der Waals surface area contributed by atoms with Crippen LogP contribution >= 0.6 is 0 Å². The molecule has 1 aromatic heterocycles. The fourth-order valence-electron chi connectivity index (χ4n) is 6.51. The van der Waals surface area contributed by atoms with Gasteiger partial charge in [0.2, 0.25) is 0 Å². The van der Waals surface area contributed by atoms with Gasteiger partial charge in [-0.05, 0) is 71.0 Å². The van der Waals surface area contributed by atoms with E-state index in [1.165, 1.54) is 0 Å². The number of piperazine rings is 1. The van der Waals surface area contributed by atoms with Gasteiger partial charge < -0.3 is 14.7 Å². The number of nitrogens with zero attached hydrogens (tertiary/aromatic N) is 6. The number of hydrogen-bond acceptors (Lipinski definition) is 7. The molecule has 0 amide bonds. The van der Waals surface area contributed by atoms with Crippen LogP contribution in [0.15, 0.2) is 47.4 Å². The SMILES string of the molecule is Cc1cccnc1[C@@H]1CCC[C@H](C2(C)N=C3C=CC=C(N4CCN(C)CC4)N3C2COC(F)(F)F)N1C. The summed E-state index contributed by atoms with van der Waals surface area (Å²) < 4.78 is 44.7. The molecule has 0 aromatic carbocycles. The molecule has 0 radical (unpaired) electrons. The lowest BCUT2D eigenvalue weighted by Gasteiger charge is -2.50. The predicted molar refractivity (Wildman–Crippen MR) is 137 cm³/mol. The largest absolute Gasteiger partial charge is 0.522 e. The number of aliphatic imine (C=N–C) groups is 1. The molecule has 0 N–H and O–H groups in total. The number of pyridine rings is 1. The van der Waals surface area contributed by atoms with Crippen molar-refractivity contribution >= 4 is 5.84 Å². The fourth-order valence-corrected chi connectivity index (χ4v) is 6.51. The van der Waals surface area contributed by atoms with Crippen LogP contribution in [0.5, 0.6) is 0 Å². The minimum Gasteiger partial charge on any atom is -0.355 e. The van der Waals surface area contributed by atoms with Crippen molar-refractivity contribution in [2.24, 2.45) is 4.99 Å². The maximum Gasteiger partial charge on any atom is 0.522 e. The van der Waals surface area contributed by atoms with Crippen LogP contribution in [0.4, 0.5) is 13.2 Å². The summed E-state index contributed by atoms with van der Waals surface area (Å²) >= 11 is 0. The van der Waals surface area contributed by atoms with Crippen molar-refractivity contribution in [1.82, 2.24) is 24.6 Å². The Morgan fingerprint density at radius 2 is 1.89 bits per heavy atom. The molecule has 2 fully saturated rings. The van der Waals surface area contributed by atoms with Gasteiger partial charge in [0.25, 0.3) is 0 Å². The van der Waals surface area contributed by atoms with Gasteiger partial charge in [-0.2, -0.15) is 0 Å². The zero-order valence-corrected chi connectivity index (χ0v) is 22.1. The highest BCUT2D eigenvalue weighted by atomic mass is 19.4. The molecule has 0 spiro atoms. The van der Waals surface area contributed by atoms with E-state index in [2.05, 4.69) is 51.5 Å². The van der Waals surface area contributed by atoms with E-state index < -0.39 is 24.6 Å². The summed E-state index contributed by atoms with van der Waals surface area (Å²) in [5.41, 5.74) is 1.35. The number of ether oxygens (including phenoxy) is 1. The van der Waals surface area contributed by atoms with Gasteiger partial charge >= 0.3 is 6.36 Å². The number of aromatic nitrogens is 1. The number of rotatable bonds is 5. The van der Waals surface area contributed by atoms with Crippen LogP contribution in [-0.4, -0.2) is 101 Å². The van der Waals surface area contributed by atoms with Crippen LogP contribution in [0, 0.1) is 6.92 Å². The van der Waals surface area contributed by atoms with Gasteiger partial charge in [0.05, 0.1) is 29.9 Å². The first kappa shape index (κ1) is 26.2. The maximum absolute atomic E-state index is 13.4. The number of allylic oxidation sites excluding steroid dienone is 2. The van der Waals surface area contributed by atoms with E-state index in [4.69, 9.17) is 4.99 Å². The van der Waals surface area contributed by atoms with Gasteiger partial charge in [-0.25, -0.2) is 0 Å². The molecular weight excluding hydrogens is 481 g/mol. The summed E-state index contributed by atoms with van der Waals surface area (Å²) in [5, 5.41) is 0. The highest BCUT2D eigenvalue weighted by Gasteiger charge is 2.55. The highest BCUT2D eigenvalue weighted by molar-refractivity contribution is 5.98. The van der Waals surface area contributed by atoms with Gasteiger partial charge in [0, 0.05) is 38.4 Å². The molecule has 0 saturated carbocycles. The smallest absolute Gasteiger partial charge is 0.355 e.